The smallest absolute Gasteiger partial charge is 0.320 e. The van der Waals surface area contributed by atoms with Crippen LogP contribution in [0.4, 0.5) is 5.69 Å². The van der Waals surface area contributed by atoms with Crippen molar-refractivity contribution in [1.82, 2.24) is 0 Å². The van der Waals surface area contributed by atoms with Crippen LogP contribution >= 0.6 is 11.6 Å². The molecule has 0 unspecified atom stereocenters. The number of hydrogen-bond donors (Lipinski definition) is 2. The summed E-state index contributed by atoms with van der Waals surface area (Å²) in [7, 11) is -3.86. The molecule has 0 bridgehead atoms. The highest BCUT2D eigenvalue weighted by Gasteiger charge is 2.15. The molecule has 1 aromatic carbocycles. The Kier molecular flexibility index (Phi) is 3.54. The maximum atomic E-state index is 11.2. The molecule has 5 nitrogen and oxygen atoms in total. The molecule has 2 N–H and O–H groups in total. The zero-order valence-corrected chi connectivity index (χ0v) is 9.05. The van der Waals surface area contributed by atoms with Gasteiger partial charge in [0, 0.05) is 10.7 Å². The SMILES string of the molecule is O=C(O)CS(=O)(=O)Nc1cccc(Cl)c1. The number of carboxylic acid groups (broad SMARTS) is 1. The largest absolute Gasteiger partial charge is 0.480 e. The van der Waals surface area contributed by atoms with Gasteiger partial charge in [-0.15, -0.1) is 0 Å². The van der Waals surface area contributed by atoms with Crippen LogP contribution < -0.4 is 4.72 Å². The molecule has 1 aromatic rings. The average Bonchev–Trinajstić information content (AvgIpc) is 1.99. The summed E-state index contributed by atoms with van der Waals surface area (Å²) in [5.41, 5.74) is 0.240. The van der Waals surface area contributed by atoms with E-state index in [9.17, 15) is 13.2 Å². The van der Waals surface area contributed by atoms with E-state index in [4.69, 9.17) is 16.7 Å². The van der Waals surface area contributed by atoms with Crippen LogP contribution in [0, 0.1) is 0 Å². The zero-order valence-electron chi connectivity index (χ0n) is 7.47. The van der Waals surface area contributed by atoms with E-state index >= 15 is 0 Å². The van der Waals surface area contributed by atoms with E-state index in [1.54, 1.807) is 12.1 Å². The molecule has 82 valence electrons. The third kappa shape index (κ3) is 4.18. The van der Waals surface area contributed by atoms with Crippen LogP contribution in [0.15, 0.2) is 24.3 Å². The van der Waals surface area contributed by atoms with E-state index in [0.717, 1.165) is 0 Å². The minimum Gasteiger partial charge on any atom is -0.480 e. The molecule has 15 heavy (non-hydrogen) atoms. The number of hydrogen-bond acceptors (Lipinski definition) is 3. The minimum absolute atomic E-state index is 0.240. The second-order valence-electron chi connectivity index (χ2n) is 2.77. The molecule has 0 fully saturated rings. The van der Waals surface area contributed by atoms with Gasteiger partial charge in [-0.2, -0.15) is 0 Å². The van der Waals surface area contributed by atoms with Crippen molar-refractivity contribution >= 4 is 33.3 Å². The van der Waals surface area contributed by atoms with Crippen molar-refractivity contribution in [3.05, 3.63) is 29.3 Å². The quantitative estimate of drug-likeness (QED) is 0.839. The van der Waals surface area contributed by atoms with Crippen molar-refractivity contribution in [2.75, 3.05) is 10.5 Å². The highest BCUT2D eigenvalue weighted by molar-refractivity contribution is 7.93. The second kappa shape index (κ2) is 4.50. The third-order valence-corrected chi connectivity index (χ3v) is 2.82. The molecule has 0 heterocycles. The van der Waals surface area contributed by atoms with E-state index in [1.807, 2.05) is 0 Å². The monoisotopic (exact) mass is 249 g/mol. The number of sulfonamides is 1. The van der Waals surface area contributed by atoms with Crippen LogP contribution in [0.1, 0.15) is 0 Å². The summed E-state index contributed by atoms with van der Waals surface area (Å²) < 4.78 is 24.5. The first-order valence-corrected chi connectivity index (χ1v) is 5.90. The van der Waals surface area contributed by atoms with Gasteiger partial charge in [-0.3, -0.25) is 9.52 Å². The number of aliphatic carboxylic acids is 1. The molecule has 0 aliphatic carbocycles. The lowest BCUT2D eigenvalue weighted by molar-refractivity contribution is -0.134. The van der Waals surface area contributed by atoms with E-state index in [2.05, 4.69) is 4.72 Å². The predicted molar refractivity (Wildman–Crippen MR) is 56.5 cm³/mol. The Bertz CT molecular complexity index is 471. The summed E-state index contributed by atoms with van der Waals surface area (Å²) in [5, 5.41) is 8.70. The first-order chi connectivity index (χ1) is 6.89. The summed E-state index contributed by atoms with van der Waals surface area (Å²) >= 11 is 5.63. The summed E-state index contributed by atoms with van der Waals surface area (Å²) in [5.74, 6) is -2.39. The molecular weight excluding hydrogens is 242 g/mol. The van der Waals surface area contributed by atoms with Gasteiger partial charge < -0.3 is 5.11 Å². The zero-order chi connectivity index (χ0) is 11.5. The molecule has 0 radical (unpaired) electrons. The fourth-order valence-corrected chi connectivity index (χ4v) is 2.00. The molecule has 0 aromatic heterocycles. The summed E-state index contributed by atoms with van der Waals surface area (Å²) in [6, 6.07) is 6.00. The number of nitrogens with one attached hydrogen (secondary N) is 1. The molecule has 0 saturated carbocycles. The molecular formula is C8H8ClNO4S. The molecule has 0 amide bonds. The topological polar surface area (TPSA) is 83.5 Å². The number of carbonyl (C=O) groups is 1. The van der Waals surface area contributed by atoms with Gasteiger partial charge in [0.2, 0.25) is 10.0 Å². The maximum Gasteiger partial charge on any atom is 0.320 e. The van der Waals surface area contributed by atoms with Crippen molar-refractivity contribution in [2.45, 2.75) is 0 Å². The van der Waals surface area contributed by atoms with Crippen molar-refractivity contribution in [3.63, 3.8) is 0 Å². The number of benzene rings is 1. The van der Waals surface area contributed by atoms with Crippen LogP contribution in [0.2, 0.25) is 5.02 Å². The molecule has 0 saturated heterocycles. The number of carboxylic acids is 1. The first-order valence-electron chi connectivity index (χ1n) is 3.87. The van der Waals surface area contributed by atoms with Crippen LogP contribution in [0.25, 0.3) is 0 Å². The number of anilines is 1. The molecule has 7 heteroatoms. The van der Waals surface area contributed by atoms with E-state index in [1.165, 1.54) is 12.1 Å². The first kappa shape index (κ1) is 11.8. The Labute approximate surface area is 91.7 Å². The highest BCUT2D eigenvalue weighted by atomic mass is 35.5. The van der Waals surface area contributed by atoms with Gasteiger partial charge in [0.05, 0.1) is 0 Å². The van der Waals surface area contributed by atoms with E-state index in [0.29, 0.717) is 5.02 Å². The fourth-order valence-electron chi connectivity index (χ4n) is 0.930. The number of halogens is 1. The van der Waals surface area contributed by atoms with Gasteiger partial charge in [0.15, 0.2) is 5.75 Å². The Balaban J connectivity index is 2.82. The van der Waals surface area contributed by atoms with Crippen molar-refractivity contribution in [2.24, 2.45) is 0 Å². The average molecular weight is 250 g/mol. The lowest BCUT2D eigenvalue weighted by atomic mass is 10.3. The van der Waals surface area contributed by atoms with Crippen LogP contribution in [0.5, 0.6) is 0 Å². The molecule has 0 aliphatic rings. The van der Waals surface area contributed by atoms with Crippen LogP contribution in [0.3, 0.4) is 0 Å². The van der Waals surface area contributed by atoms with Gasteiger partial charge in [0.1, 0.15) is 0 Å². The predicted octanol–water partition coefficient (Wildman–Crippen LogP) is 1.17. The number of rotatable bonds is 4. The standard InChI is InChI=1S/C8H8ClNO4S/c9-6-2-1-3-7(4-6)10-15(13,14)5-8(11)12/h1-4,10H,5H2,(H,11,12). The van der Waals surface area contributed by atoms with Crippen molar-refractivity contribution in [1.29, 1.82) is 0 Å². The Morgan fingerprint density at radius 1 is 1.47 bits per heavy atom. The third-order valence-electron chi connectivity index (χ3n) is 1.41. The van der Waals surface area contributed by atoms with Crippen molar-refractivity contribution < 1.29 is 18.3 Å². The lowest BCUT2D eigenvalue weighted by Crippen LogP contribution is -2.22. The van der Waals surface area contributed by atoms with Crippen molar-refractivity contribution in [3.8, 4) is 0 Å². The molecule has 1 rings (SSSR count). The second-order valence-corrected chi connectivity index (χ2v) is 4.92. The molecule has 0 atom stereocenters. The van der Waals surface area contributed by atoms with Crippen LogP contribution in [-0.2, 0) is 14.8 Å². The summed E-state index contributed by atoms with van der Waals surface area (Å²) in [6.07, 6.45) is 0. The van der Waals surface area contributed by atoms with Gasteiger partial charge in [0.25, 0.3) is 0 Å². The Hall–Kier alpha value is -1.27. The Morgan fingerprint density at radius 2 is 2.13 bits per heavy atom. The lowest BCUT2D eigenvalue weighted by Gasteiger charge is -2.05. The van der Waals surface area contributed by atoms with Gasteiger partial charge in [-0.1, -0.05) is 17.7 Å². The molecule has 0 spiro atoms. The van der Waals surface area contributed by atoms with E-state index < -0.39 is 21.7 Å². The van der Waals surface area contributed by atoms with E-state index in [-0.39, 0.29) is 5.69 Å². The maximum absolute atomic E-state index is 11.2. The van der Waals surface area contributed by atoms with Gasteiger partial charge in [-0.05, 0) is 18.2 Å². The molecule has 0 aliphatic heterocycles. The van der Waals surface area contributed by atoms with Gasteiger partial charge >= 0.3 is 5.97 Å². The normalized spacial score (nSPS) is 11.0. The van der Waals surface area contributed by atoms with Gasteiger partial charge in [-0.25, -0.2) is 8.42 Å². The summed E-state index contributed by atoms with van der Waals surface area (Å²) in [4.78, 5) is 10.2. The van der Waals surface area contributed by atoms with Crippen LogP contribution in [-0.4, -0.2) is 25.2 Å². The minimum atomic E-state index is -3.86. The fraction of sp³-hybridized carbons (Fsp3) is 0.125. The Morgan fingerprint density at radius 3 is 2.67 bits per heavy atom. The highest BCUT2D eigenvalue weighted by Crippen LogP contribution is 2.15. The summed E-state index contributed by atoms with van der Waals surface area (Å²) in [6.45, 7) is 0.